The molecule has 6 heteroatoms. The van der Waals surface area contributed by atoms with E-state index in [-0.39, 0.29) is 5.91 Å². The summed E-state index contributed by atoms with van der Waals surface area (Å²) in [5.74, 6) is 1.10. The quantitative estimate of drug-likeness (QED) is 0.857. The highest BCUT2D eigenvalue weighted by atomic mass is 79.9. The van der Waals surface area contributed by atoms with Crippen LogP contribution < -0.4 is 5.32 Å². The van der Waals surface area contributed by atoms with Gasteiger partial charge < -0.3 is 10.2 Å². The van der Waals surface area contributed by atoms with Crippen molar-refractivity contribution in [2.75, 3.05) is 18.4 Å². The van der Waals surface area contributed by atoms with Crippen LogP contribution in [0.25, 0.3) is 0 Å². The topological polar surface area (TPSA) is 58.1 Å². The molecular weight excluding hydrogens is 368 g/mol. The normalized spacial score (nSPS) is 15.4. The molecule has 0 bridgehead atoms. The van der Waals surface area contributed by atoms with Gasteiger partial charge in [-0.3, -0.25) is 4.79 Å². The van der Waals surface area contributed by atoms with Crippen molar-refractivity contribution >= 4 is 33.5 Å². The molecule has 1 aromatic heterocycles. The Kier molecular flexibility index (Phi) is 5.14. The van der Waals surface area contributed by atoms with E-state index in [1.807, 2.05) is 30.0 Å². The van der Waals surface area contributed by atoms with E-state index in [2.05, 4.69) is 38.1 Å². The van der Waals surface area contributed by atoms with Crippen LogP contribution in [-0.2, 0) is 0 Å². The Morgan fingerprint density at radius 2 is 2.04 bits per heavy atom. The molecule has 0 radical (unpaired) electrons. The summed E-state index contributed by atoms with van der Waals surface area (Å²) >= 11 is 3.53. The van der Waals surface area contributed by atoms with Crippen LogP contribution in [0.15, 0.2) is 34.9 Å². The number of halogens is 1. The number of aryl methyl sites for hydroxylation is 1. The number of rotatable bonds is 3. The number of likely N-dealkylation sites (tertiary alicyclic amines) is 1. The van der Waals surface area contributed by atoms with E-state index in [9.17, 15) is 4.79 Å². The third-order valence-corrected chi connectivity index (χ3v) is 4.97. The first-order valence-corrected chi connectivity index (χ1v) is 8.98. The number of hydrogen-bond donors (Lipinski definition) is 1. The average molecular weight is 389 g/mol. The van der Waals surface area contributed by atoms with Crippen molar-refractivity contribution in [3.63, 3.8) is 0 Å². The van der Waals surface area contributed by atoms with Crippen LogP contribution in [0.2, 0.25) is 0 Å². The zero-order valence-corrected chi connectivity index (χ0v) is 15.5. The van der Waals surface area contributed by atoms with Gasteiger partial charge in [-0.1, -0.05) is 13.0 Å². The van der Waals surface area contributed by atoms with Crippen LogP contribution in [-0.4, -0.2) is 33.9 Å². The molecule has 1 amide bonds. The highest BCUT2D eigenvalue weighted by molar-refractivity contribution is 9.10. The van der Waals surface area contributed by atoms with Crippen molar-refractivity contribution in [2.24, 2.45) is 5.92 Å². The fraction of sp³-hybridized carbons (Fsp3) is 0.389. The first-order chi connectivity index (χ1) is 11.5. The van der Waals surface area contributed by atoms with Gasteiger partial charge in [-0.2, -0.15) is 0 Å². The van der Waals surface area contributed by atoms with E-state index in [1.54, 1.807) is 12.3 Å². The second-order valence-electron chi connectivity index (χ2n) is 6.35. The van der Waals surface area contributed by atoms with Gasteiger partial charge in [-0.05, 0) is 65.4 Å². The molecule has 5 nitrogen and oxygen atoms in total. The number of carbonyl (C=O) groups excluding carboxylic acids is 1. The average Bonchev–Trinajstić information content (AvgIpc) is 2.58. The van der Waals surface area contributed by atoms with Gasteiger partial charge in [0.25, 0.3) is 5.91 Å². The van der Waals surface area contributed by atoms with E-state index in [1.165, 1.54) is 0 Å². The maximum Gasteiger partial charge on any atom is 0.272 e. The summed E-state index contributed by atoms with van der Waals surface area (Å²) in [6.45, 7) is 5.87. The summed E-state index contributed by atoms with van der Waals surface area (Å²) in [7, 11) is 0. The number of hydrogen-bond acceptors (Lipinski definition) is 4. The molecule has 24 heavy (non-hydrogen) atoms. The van der Waals surface area contributed by atoms with Gasteiger partial charge in [-0.15, -0.1) is 0 Å². The van der Waals surface area contributed by atoms with Crippen LogP contribution in [0.4, 0.5) is 11.6 Å². The minimum atomic E-state index is -0.0182. The van der Waals surface area contributed by atoms with Gasteiger partial charge in [0.2, 0.25) is 5.95 Å². The third-order valence-electron chi connectivity index (χ3n) is 4.32. The Balaban J connectivity index is 1.75. The summed E-state index contributed by atoms with van der Waals surface area (Å²) in [5, 5.41) is 3.16. The van der Waals surface area contributed by atoms with Gasteiger partial charge in [-0.25, -0.2) is 9.97 Å². The molecule has 1 saturated heterocycles. The highest BCUT2D eigenvalue weighted by Crippen LogP contribution is 2.25. The first-order valence-electron chi connectivity index (χ1n) is 8.18. The lowest BCUT2D eigenvalue weighted by Gasteiger charge is -2.30. The molecule has 0 atom stereocenters. The fourth-order valence-corrected chi connectivity index (χ4v) is 3.35. The molecule has 2 aromatic rings. The zero-order valence-electron chi connectivity index (χ0n) is 13.9. The van der Waals surface area contributed by atoms with Gasteiger partial charge >= 0.3 is 0 Å². The number of amides is 1. The van der Waals surface area contributed by atoms with E-state index < -0.39 is 0 Å². The molecule has 126 valence electrons. The summed E-state index contributed by atoms with van der Waals surface area (Å²) in [5.41, 5.74) is 2.47. The lowest BCUT2D eigenvalue weighted by Crippen LogP contribution is -2.38. The third kappa shape index (κ3) is 3.93. The van der Waals surface area contributed by atoms with Crippen molar-refractivity contribution in [2.45, 2.75) is 26.7 Å². The summed E-state index contributed by atoms with van der Waals surface area (Å²) in [4.78, 5) is 23.1. The second kappa shape index (κ2) is 7.30. The summed E-state index contributed by atoms with van der Waals surface area (Å²) in [6.07, 6.45) is 3.73. The van der Waals surface area contributed by atoms with Crippen LogP contribution in [0, 0.1) is 12.8 Å². The van der Waals surface area contributed by atoms with Crippen LogP contribution in [0.1, 0.15) is 35.8 Å². The summed E-state index contributed by atoms with van der Waals surface area (Å²) < 4.78 is 0.938. The number of nitrogens with zero attached hydrogens (tertiary/aromatic N) is 3. The summed E-state index contributed by atoms with van der Waals surface area (Å²) in [6, 6.07) is 7.67. The number of nitrogens with one attached hydrogen (secondary N) is 1. The van der Waals surface area contributed by atoms with E-state index >= 15 is 0 Å². The van der Waals surface area contributed by atoms with Gasteiger partial charge in [0.05, 0.1) is 5.69 Å². The number of piperidine rings is 1. The second-order valence-corrected chi connectivity index (χ2v) is 7.20. The lowest BCUT2D eigenvalue weighted by atomic mass is 9.99. The molecule has 3 rings (SSSR count). The number of benzene rings is 1. The first kappa shape index (κ1) is 16.9. The Hall–Kier alpha value is -1.95. The molecule has 1 fully saturated rings. The van der Waals surface area contributed by atoms with Crippen molar-refractivity contribution in [1.82, 2.24) is 14.9 Å². The van der Waals surface area contributed by atoms with Crippen molar-refractivity contribution in [1.29, 1.82) is 0 Å². The van der Waals surface area contributed by atoms with E-state index in [0.29, 0.717) is 17.6 Å². The molecule has 1 aliphatic rings. The van der Waals surface area contributed by atoms with E-state index in [4.69, 9.17) is 0 Å². The molecule has 2 heterocycles. The van der Waals surface area contributed by atoms with Crippen molar-refractivity contribution in [3.05, 3.63) is 46.2 Å². The van der Waals surface area contributed by atoms with Crippen LogP contribution in [0.5, 0.6) is 0 Å². The molecule has 1 N–H and O–H groups in total. The van der Waals surface area contributed by atoms with Gasteiger partial charge in [0.1, 0.15) is 5.69 Å². The molecule has 1 aliphatic heterocycles. The predicted molar refractivity (Wildman–Crippen MR) is 98.5 cm³/mol. The molecular formula is C18H21BrN4O. The fourth-order valence-electron chi connectivity index (χ4n) is 2.75. The van der Waals surface area contributed by atoms with Crippen molar-refractivity contribution in [3.8, 4) is 0 Å². The van der Waals surface area contributed by atoms with Crippen LogP contribution >= 0.6 is 15.9 Å². The van der Waals surface area contributed by atoms with Gasteiger partial charge in [0, 0.05) is 23.8 Å². The standard InChI is InChI=1S/C18H21BrN4O/c1-12-6-9-23(10-7-12)17(24)16-5-8-20-18(22-16)21-15-4-3-13(2)11-14(15)19/h3-5,8,11-12H,6-7,9-10H2,1-2H3,(H,20,21,22). The minimum Gasteiger partial charge on any atom is -0.337 e. The van der Waals surface area contributed by atoms with Crippen molar-refractivity contribution < 1.29 is 4.79 Å². The Morgan fingerprint density at radius 1 is 1.29 bits per heavy atom. The Labute approximate surface area is 150 Å². The monoisotopic (exact) mass is 388 g/mol. The number of carbonyl (C=O) groups is 1. The maximum atomic E-state index is 12.6. The number of aromatic nitrogens is 2. The lowest BCUT2D eigenvalue weighted by molar-refractivity contribution is 0.0691. The molecule has 1 aromatic carbocycles. The highest BCUT2D eigenvalue weighted by Gasteiger charge is 2.22. The predicted octanol–water partition coefficient (Wildman–Crippen LogP) is 4.16. The minimum absolute atomic E-state index is 0.0182. The van der Waals surface area contributed by atoms with Gasteiger partial charge in [0.15, 0.2) is 0 Å². The maximum absolute atomic E-state index is 12.6. The smallest absolute Gasteiger partial charge is 0.272 e. The Bertz CT molecular complexity index is 742. The SMILES string of the molecule is Cc1ccc(Nc2nccc(C(=O)N3CCC(C)CC3)n2)c(Br)c1. The molecule has 0 unspecified atom stereocenters. The van der Waals surface area contributed by atoms with E-state index in [0.717, 1.165) is 41.7 Å². The largest absolute Gasteiger partial charge is 0.337 e. The molecule has 0 spiro atoms. The number of anilines is 2. The van der Waals surface area contributed by atoms with Crippen LogP contribution in [0.3, 0.4) is 0 Å². The Morgan fingerprint density at radius 3 is 2.75 bits per heavy atom. The zero-order chi connectivity index (χ0) is 17.1. The molecule has 0 saturated carbocycles. The molecule has 0 aliphatic carbocycles.